The maximum absolute atomic E-state index is 13.8. The van der Waals surface area contributed by atoms with Crippen molar-refractivity contribution in [3.05, 3.63) is 35.1 Å². The summed E-state index contributed by atoms with van der Waals surface area (Å²) in [4.78, 5) is 10.6. The SMILES string of the molecule is CC(=O)NCCC(O)C(O)c1cccc(C(F)(F)F)c1F. The fourth-order valence-electron chi connectivity index (χ4n) is 1.76. The van der Waals surface area contributed by atoms with Crippen LogP contribution in [0.25, 0.3) is 0 Å². The lowest BCUT2D eigenvalue weighted by molar-refractivity contribution is -0.140. The van der Waals surface area contributed by atoms with Crippen LogP contribution in [0.5, 0.6) is 0 Å². The van der Waals surface area contributed by atoms with E-state index < -0.39 is 35.3 Å². The molecule has 1 rings (SSSR count). The Kier molecular flexibility index (Phi) is 5.68. The lowest BCUT2D eigenvalue weighted by atomic mass is 9.99. The fourth-order valence-corrected chi connectivity index (χ4v) is 1.76. The van der Waals surface area contributed by atoms with Gasteiger partial charge in [0.2, 0.25) is 5.91 Å². The van der Waals surface area contributed by atoms with Gasteiger partial charge in [0.1, 0.15) is 11.9 Å². The van der Waals surface area contributed by atoms with E-state index in [9.17, 15) is 32.6 Å². The van der Waals surface area contributed by atoms with Crippen LogP contribution < -0.4 is 5.32 Å². The number of benzene rings is 1. The highest BCUT2D eigenvalue weighted by atomic mass is 19.4. The molecule has 0 fully saturated rings. The first-order valence-electron chi connectivity index (χ1n) is 6.10. The van der Waals surface area contributed by atoms with Gasteiger partial charge in [-0.05, 0) is 12.5 Å². The number of amides is 1. The van der Waals surface area contributed by atoms with Crippen LogP contribution in [0.3, 0.4) is 0 Å². The molecule has 0 bridgehead atoms. The van der Waals surface area contributed by atoms with Crippen LogP contribution in [0.4, 0.5) is 17.6 Å². The third-order valence-electron chi connectivity index (χ3n) is 2.83. The number of rotatable bonds is 5. The lowest BCUT2D eigenvalue weighted by Crippen LogP contribution is -2.28. The van der Waals surface area contributed by atoms with Gasteiger partial charge in [-0.25, -0.2) is 4.39 Å². The second-order valence-electron chi connectivity index (χ2n) is 4.49. The quantitative estimate of drug-likeness (QED) is 0.726. The Balaban J connectivity index is 2.87. The largest absolute Gasteiger partial charge is 0.419 e. The molecule has 0 saturated carbocycles. The Bertz CT molecular complexity index is 505. The van der Waals surface area contributed by atoms with Crippen LogP contribution in [0, 0.1) is 5.82 Å². The molecule has 3 N–H and O–H groups in total. The third-order valence-corrected chi connectivity index (χ3v) is 2.83. The van der Waals surface area contributed by atoms with Crippen molar-refractivity contribution in [2.75, 3.05) is 6.54 Å². The van der Waals surface area contributed by atoms with Crippen molar-refractivity contribution in [2.45, 2.75) is 31.7 Å². The van der Waals surface area contributed by atoms with Crippen LogP contribution in [0.1, 0.15) is 30.6 Å². The van der Waals surface area contributed by atoms with Gasteiger partial charge in [-0.3, -0.25) is 4.79 Å². The molecule has 2 atom stereocenters. The number of hydrogen-bond acceptors (Lipinski definition) is 3. The van der Waals surface area contributed by atoms with E-state index in [-0.39, 0.29) is 18.9 Å². The van der Waals surface area contributed by atoms with Gasteiger partial charge in [0, 0.05) is 19.0 Å². The number of halogens is 4. The molecule has 0 radical (unpaired) electrons. The predicted octanol–water partition coefficient (Wildman–Crippen LogP) is 1.76. The summed E-state index contributed by atoms with van der Waals surface area (Å²) in [5.74, 6) is -1.97. The summed E-state index contributed by atoms with van der Waals surface area (Å²) in [6.07, 6.45) is -8.34. The van der Waals surface area contributed by atoms with Crippen molar-refractivity contribution < 1.29 is 32.6 Å². The number of aliphatic hydroxyl groups excluding tert-OH is 2. The molecule has 0 saturated heterocycles. The maximum atomic E-state index is 13.8. The van der Waals surface area contributed by atoms with Crippen molar-refractivity contribution >= 4 is 5.91 Å². The molecule has 0 aliphatic carbocycles. The molecule has 1 aromatic carbocycles. The van der Waals surface area contributed by atoms with Gasteiger partial charge in [0.25, 0.3) is 0 Å². The summed E-state index contributed by atoms with van der Waals surface area (Å²) in [6.45, 7) is 1.25. The van der Waals surface area contributed by atoms with Crippen molar-refractivity contribution in [1.29, 1.82) is 0 Å². The molecular formula is C13H15F4NO3. The number of carbonyl (C=O) groups excluding carboxylic acids is 1. The smallest absolute Gasteiger partial charge is 0.390 e. The molecule has 118 valence electrons. The maximum Gasteiger partial charge on any atom is 0.419 e. The number of hydrogen-bond donors (Lipinski definition) is 3. The van der Waals surface area contributed by atoms with Gasteiger partial charge in [-0.2, -0.15) is 13.2 Å². The molecule has 0 aliphatic rings. The van der Waals surface area contributed by atoms with E-state index in [0.29, 0.717) is 6.07 Å². The minimum absolute atomic E-state index is 0.00808. The summed E-state index contributed by atoms with van der Waals surface area (Å²) in [5, 5.41) is 21.8. The first-order valence-corrected chi connectivity index (χ1v) is 6.10. The molecular weight excluding hydrogens is 294 g/mol. The Morgan fingerprint density at radius 1 is 1.33 bits per heavy atom. The molecule has 2 unspecified atom stereocenters. The van der Waals surface area contributed by atoms with Gasteiger partial charge in [0.05, 0.1) is 11.7 Å². The van der Waals surface area contributed by atoms with E-state index in [2.05, 4.69) is 5.32 Å². The second kappa shape index (κ2) is 6.86. The van der Waals surface area contributed by atoms with Gasteiger partial charge in [-0.15, -0.1) is 0 Å². The van der Waals surface area contributed by atoms with Gasteiger partial charge in [0.15, 0.2) is 0 Å². The lowest BCUT2D eigenvalue weighted by Gasteiger charge is -2.20. The van der Waals surface area contributed by atoms with E-state index in [0.717, 1.165) is 12.1 Å². The van der Waals surface area contributed by atoms with Gasteiger partial charge < -0.3 is 15.5 Å². The van der Waals surface area contributed by atoms with Crippen molar-refractivity contribution in [3.8, 4) is 0 Å². The van der Waals surface area contributed by atoms with Crippen molar-refractivity contribution in [3.63, 3.8) is 0 Å². The number of carbonyl (C=O) groups is 1. The first kappa shape index (κ1) is 17.4. The number of alkyl halides is 3. The molecule has 0 aliphatic heterocycles. The van der Waals surface area contributed by atoms with Gasteiger partial charge >= 0.3 is 6.18 Å². The predicted molar refractivity (Wildman–Crippen MR) is 65.7 cm³/mol. The van der Waals surface area contributed by atoms with Crippen LogP contribution >= 0.6 is 0 Å². The molecule has 0 spiro atoms. The summed E-state index contributed by atoms with van der Waals surface area (Å²) < 4.78 is 51.4. The average Bonchev–Trinajstić information content (AvgIpc) is 2.36. The van der Waals surface area contributed by atoms with E-state index in [1.54, 1.807) is 0 Å². The highest BCUT2D eigenvalue weighted by molar-refractivity contribution is 5.72. The highest BCUT2D eigenvalue weighted by Crippen LogP contribution is 2.34. The summed E-state index contributed by atoms with van der Waals surface area (Å²) >= 11 is 0. The average molecular weight is 309 g/mol. The summed E-state index contributed by atoms with van der Waals surface area (Å²) in [6, 6.07) is 2.47. The molecule has 21 heavy (non-hydrogen) atoms. The zero-order valence-corrected chi connectivity index (χ0v) is 11.1. The normalized spacial score (nSPS) is 14.6. The molecule has 0 heterocycles. The molecule has 1 aromatic rings. The molecule has 0 aromatic heterocycles. The fraction of sp³-hybridized carbons (Fsp3) is 0.462. The van der Waals surface area contributed by atoms with Crippen molar-refractivity contribution in [2.24, 2.45) is 0 Å². The minimum Gasteiger partial charge on any atom is -0.390 e. The highest BCUT2D eigenvalue weighted by Gasteiger charge is 2.36. The van der Waals surface area contributed by atoms with Gasteiger partial charge in [-0.1, -0.05) is 12.1 Å². The Labute approximate surface area is 118 Å². The summed E-state index contributed by atoms with van der Waals surface area (Å²) in [5.41, 5.74) is -2.15. The standard InChI is InChI=1S/C13H15F4NO3/c1-7(19)18-6-5-10(20)12(21)8-3-2-4-9(11(8)14)13(15,16)17/h2-4,10,12,20-21H,5-6H2,1H3,(H,18,19). The molecule has 8 heteroatoms. The van der Waals surface area contributed by atoms with Crippen LogP contribution in [0.15, 0.2) is 18.2 Å². The zero-order chi connectivity index (χ0) is 16.2. The number of aliphatic hydroxyl groups is 2. The Hall–Kier alpha value is -1.67. The summed E-state index contributed by atoms with van der Waals surface area (Å²) in [7, 11) is 0. The third kappa shape index (κ3) is 4.68. The van der Waals surface area contributed by atoms with Crippen LogP contribution in [-0.2, 0) is 11.0 Å². The topological polar surface area (TPSA) is 69.6 Å². The van der Waals surface area contributed by atoms with E-state index in [1.165, 1.54) is 6.92 Å². The molecule has 1 amide bonds. The van der Waals surface area contributed by atoms with Crippen LogP contribution in [-0.4, -0.2) is 28.8 Å². The monoisotopic (exact) mass is 309 g/mol. The van der Waals surface area contributed by atoms with E-state index in [4.69, 9.17) is 0 Å². The Morgan fingerprint density at radius 2 is 1.95 bits per heavy atom. The zero-order valence-electron chi connectivity index (χ0n) is 11.1. The van der Waals surface area contributed by atoms with E-state index >= 15 is 0 Å². The minimum atomic E-state index is -4.89. The van der Waals surface area contributed by atoms with Crippen molar-refractivity contribution in [1.82, 2.24) is 5.32 Å². The van der Waals surface area contributed by atoms with Crippen LogP contribution in [0.2, 0.25) is 0 Å². The first-order chi connectivity index (χ1) is 9.64. The second-order valence-corrected chi connectivity index (χ2v) is 4.49. The van der Waals surface area contributed by atoms with E-state index in [1.807, 2.05) is 0 Å². The molecule has 4 nitrogen and oxygen atoms in total. The number of nitrogens with one attached hydrogen (secondary N) is 1. The Morgan fingerprint density at radius 3 is 2.48 bits per heavy atom.